The highest BCUT2D eigenvalue weighted by Gasteiger charge is 2.39. The van der Waals surface area contributed by atoms with Gasteiger partial charge in [-0.05, 0) is 65.8 Å². The van der Waals surface area contributed by atoms with Crippen molar-refractivity contribution >= 4 is 88.5 Å². The molecule has 39 heavy (non-hydrogen) atoms. The number of thiophene rings is 1. The lowest BCUT2D eigenvalue weighted by molar-refractivity contribution is -0.137. The van der Waals surface area contributed by atoms with Gasteiger partial charge in [-0.1, -0.05) is 11.8 Å². The molecule has 0 radical (unpaired) electrons. The van der Waals surface area contributed by atoms with Gasteiger partial charge in [0, 0.05) is 47.7 Å². The van der Waals surface area contributed by atoms with E-state index in [0.717, 1.165) is 47.4 Å². The second kappa shape index (κ2) is 9.64. The Morgan fingerprint density at radius 2 is 1.95 bits per heavy atom. The third kappa shape index (κ3) is 4.22. The summed E-state index contributed by atoms with van der Waals surface area (Å²) in [5.41, 5.74) is 0.547. The van der Waals surface area contributed by atoms with Crippen LogP contribution in [0.4, 0.5) is 19.0 Å². The van der Waals surface area contributed by atoms with Gasteiger partial charge in [0.25, 0.3) is 0 Å². The summed E-state index contributed by atoms with van der Waals surface area (Å²) in [6.45, 7) is 3.20. The van der Waals surface area contributed by atoms with Crippen LogP contribution in [0.1, 0.15) is 24.0 Å². The molecule has 2 bridgehead atoms. The van der Waals surface area contributed by atoms with E-state index in [1.165, 1.54) is 36.2 Å². The van der Waals surface area contributed by atoms with Gasteiger partial charge < -0.3 is 10.2 Å². The Balaban J connectivity index is 1.54. The largest absolute Gasteiger partial charge is 0.417 e. The lowest BCUT2D eigenvalue weighted by Gasteiger charge is -2.34. The number of fused-ring (bicyclic) bond motifs is 6. The van der Waals surface area contributed by atoms with Crippen LogP contribution >= 0.6 is 51.5 Å². The number of piperazine rings is 1. The van der Waals surface area contributed by atoms with Gasteiger partial charge >= 0.3 is 6.18 Å². The number of benzene rings is 1. The van der Waals surface area contributed by atoms with Crippen molar-refractivity contribution in [2.24, 2.45) is 0 Å². The average Bonchev–Trinajstić information content (AvgIpc) is 3.60. The molecule has 7 nitrogen and oxygen atoms in total. The van der Waals surface area contributed by atoms with Crippen LogP contribution in [-0.4, -0.2) is 55.9 Å². The van der Waals surface area contributed by atoms with E-state index in [-0.39, 0.29) is 17.5 Å². The van der Waals surface area contributed by atoms with E-state index in [4.69, 9.17) is 9.97 Å². The maximum atomic E-state index is 14.6. The minimum Gasteiger partial charge on any atom is -0.353 e. The van der Waals surface area contributed by atoms with Crippen molar-refractivity contribution in [1.82, 2.24) is 29.8 Å². The SMILES string of the molecule is CSc1nc(N2CC3CCC(C2)N3)c2c(n1)sc1c(-c3c(C(F)(F)F)c(C)cc4c3cnn4PI)nccc12. The third-order valence-corrected chi connectivity index (χ3v) is 11.1. The maximum Gasteiger partial charge on any atom is 0.417 e. The summed E-state index contributed by atoms with van der Waals surface area (Å²) in [6.07, 6.45) is 3.06. The van der Waals surface area contributed by atoms with E-state index < -0.39 is 11.7 Å². The van der Waals surface area contributed by atoms with Crippen LogP contribution < -0.4 is 10.2 Å². The molecule has 2 saturated heterocycles. The van der Waals surface area contributed by atoms with Crippen LogP contribution in [0.3, 0.4) is 0 Å². The first-order chi connectivity index (χ1) is 18.8. The molecule has 3 atom stereocenters. The molecule has 2 aliphatic heterocycles. The number of rotatable bonds is 4. The third-order valence-electron chi connectivity index (χ3n) is 7.58. The quantitative estimate of drug-likeness (QED) is 0.0935. The smallest absolute Gasteiger partial charge is 0.353 e. The van der Waals surface area contributed by atoms with Crippen LogP contribution in [0.25, 0.3) is 42.5 Å². The van der Waals surface area contributed by atoms with E-state index in [9.17, 15) is 13.2 Å². The summed E-state index contributed by atoms with van der Waals surface area (Å²) >= 11 is 5.05. The van der Waals surface area contributed by atoms with Crippen molar-refractivity contribution in [3.8, 4) is 11.3 Å². The Morgan fingerprint density at radius 3 is 2.64 bits per heavy atom. The van der Waals surface area contributed by atoms with Crippen LogP contribution in [0.5, 0.6) is 0 Å². The predicted octanol–water partition coefficient (Wildman–Crippen LogP) is 7.04. The van der Waals surface area contributed by atoms with Gasteiger partial charge in [-0.3, -0.25) is 4.98 Å². The Bertz CT molecular complexity index is 1760. The highest BCUT2D eigenvalue weighted by atomic mass is 127. The number of nitrogens with zero attached hydrogens (tertiary/aromatic N) is 6. The van der Waals surface area contributed by atoms with Gasteiger partial charge in [-0.15, -0.1) is 11.3 Å². The molecule has 0 saturated carbocycles. The van der Waals surface area contributed by atoms with E-state index in [0.29, 0.717) is 38.5 Å². The number of thioether (sulfide) groups is 1. The molecule has 14 heteroatoms. The standard InChI is InChI=1S/C25H22F3IN7PS2/c1-11-7-16-15(8-31-36(16)37-29)17(19(11)25(26,27)28)20-21-14(5-6-30-20)18-22(33-24(38-2)34-23(18)39-21)35-9-12-3-4-13(10-35)32-12/h5-8,12-13,32,37H,3-4,9-10H2,1-2H3. The first-order valence-electron chi connectivity index (χ1n) is 12.4. The fourth-order valence-corrected chi connectivity index (χ4v) is 9.12. The van der Waals surface area contributed by atoms with Crippen molar-refractivity contribution in [2.75, 3.05) is 24.2 Å². The van der Waals surface area contributed by atoms with Crippen LogP contribution in [0.2, 0.25) is 0 Å². The molecule has 6 heterocycles. The molecule has 2 aliphatic rings. The highest BCUT2D eigenvalue weighted by Crippen LogP contribution is 2.49. The zero-order valence-electron chi connectivity index (χ0n) is 20.8. The molecule has 0 amide bonds. The summed E-state index contributed by atoms with van der Waals surface area (Å²) in [6, 6.07) is 4.30. The number of halogens is 4. The van der Waals surface area contributed by atoms with Gasteiger partial charge in [0.05, 0.1) is 39.4 Å². The minimum absolute atomic E-state index is 0.0790. The Hall–Kier alpha value is -1.80. The number of aromatic nitrogens is 5. The molecular formula is C25H22F3IN7PS2. The van der Waals surface area contributed by atoms with Crippen molar-refractivity contribution in [1.29, 1.82) is 0 Å². The van der Waals surface area contributed by atoms with Gasteiger partial charge in [0.15, 0.2) is 5.16 Å². The lowest BCUT2D eigenvalue weighted by atomic mass is 9.94. The van der Waals surface area contributed by atoms with Gasteiger partial charge in [0.2, 0.25) is 0 Å². The minimum atomic E-state index is -4.56. The van der Waals surface area contributed by atoms with E-state index >= 15 is 0 Å². The van der Waals surface area contributed by atoms with Crippen molar-refractivity contribution in [3.63, 3.8) is 0 Å². The molecule has 1 N–H and O–H groups in total. The van der Waals surface area contributed by atoms with E-state index in [2.05, 4.69) is 42.3 Å². The van der Waals surface area contributed by atoms with Crippen molar-refractivity contribution in [3.05, 3.63) is 35.7 Å². The van der Waals surface area contributed by atoms with E-state index in [1.54, 1.807) is 16.7 Å². The van der Waals surface area contributed by atoms with E-state index in [1.807, 2.05) is 12.3 Å². The first kappa shape index (κ1) is 26.1. The highest BCUT2D eigenvalue weighted by molar-refractivity contribution is 14.2. The normalized spacial score (nSPS) is 20.0. The summed E-state index contributed by atoms with van der Waals surface area (Å²) in [5.74, 6) is 0.857. The maximum absolute atomic E-state index is 14.6. The molecule has 202 valence electrons. The number of pyridine rings is 1. The first-order valence-corrected chi connectivity index (χ1v) is 18.5. The number of hydrogen-bond acceptors (Lipinski definition) is 8. The second-order valence-electron chi connectivity index (χ2n) is 9.91. The number of nitrogens with one attached hydrogen (secondary N) is 1. The van der Waals surface area contributed by atoms with Crippen molar-refractivity contribution in [2.45, 2.75) is 43.2 Å². The second-order valence-corrected chi connectivity index (χ2v) is 13.7. The average molecular weight is 700 g/mol. The number of hydrogen-bond donors (Lipinski definition) is 1. The molecule has 4 aromatic heterocycles. The van der Waals surface area contributed by atoms with Crippen molar-refractivity contribution < 1.29 is 13.2 Å². The molecule has 5 aromatic rings. The van der Waals surface area contributed by atoms with Crippen LogP contribution in [0, 0.1) is 6.92 Å². The Morgan fingerprint density at radius 1 is 1.18 bits per heavy atom. The Kier molecular flexibility index (Phi) is 6.46. The molecule has 3 unspecified atom stereocenters. The number of aryl methyl sites for hydroxylation is 1. The predicted molar refractivity (Wildman–Crippen MR) is 163 cm³/mol. The molecule has 1 aromatic carbocycles. The molecule has 7 rings (SSSR count). The summed E-state index contributed by atoms with van der Waals surface area (Å²) in [5, 5.41) is 10.9. The summed E-state index contributed by atoms with van der Waals surface area (Å²) < 4.78 is 46.3. The number of anilines is 1. The molecule has 0 aliphatic carbocycles. The van der Waals surface area contributed by atoms with Crippen LogP contribution in [-0.2, 0) is 6.18 Å². The molecule has 2 fully saturated rings. The molecular weight excluding hydrogens is 677 g/mol. The fraction of sp³-hybridized carbons (Fsp3) is 0.360. The zero-order valence-corrected chi connectivity index (χ0v) is 25.6. The monoisotopic (exact) mass is 699 g/mol. The Labute approximate surface area is 244 Å². The summed E-state index contributed by atoms with van der Waals surface area (Å²) in [4.78, 5) is 17.4. The van der Waals surface area contributed by atoms with Crippen LogP contribution in [0.15, 0.2) is 29.7 Å². The summed E-state index contributed by atoms with van der Waals surface area (Å²) in [7, 11) is 0. The fourth-order valence-electron chi connectivity index (χ4n) is 6.01. The number of alkyl halides is 3. The van der Waals surface area contributed by atoms with Gasteiger partial charge in [-0.2, -0.15) is 18.3 Å². The van der Waals surface area contributed by atoms with Gasteiger partial charge in [-0.25, -0.2) is 14.4 Å². The topological polar surface area (TPSA) is 71.8 Å². The zero-order chi connectivity index (χ0) is 27.1. The lowest BCUT2D eigenvalue weighted by Crippen LogP contribution is -2.51. The molecule has 0 spiro atoms. The van der Waals surface area contributed by atoms with Gasteiger partial charge in [0.1, 0.15) is 10.6 Å².